The molecule has 6 aromatic carbocycles. The zero-order valence-electron chi connectivity index (χ0n) is 51.8. The van der Waals surface area contributed by atoms with E-state index in [4.69, 9.17) is 39.5 Å². The van der Waals surface area contributed by atoms with E-state index in [9.17, 15) is 160 Å². The van der Waals surface area contributed by atoms with Crippen LogP contribution >= 0.6 is 23.2 Å². The second kappa shape index (κ2) is 32.4. The fourth-order valence-electron chi connectivity index (χ4n) is 9.05. The van der Waals surface area contributed by atoms with Crippen molar-refractivity contribution < 1.29 is 170 Å². The third-order valence-corrected chi connectivity index (χ3v) is 14.7. The van der Waals surface area contributed by atoms with Crippen LogP contribution in [-0.2, 0) is 59.2 Å². The highest BCUT2D eigenvalue weighted by molar-refractivity contribution is 6.51. The zero-order valence-corrected chi connectivity index (χ0v) is 53.3. The maximum atomic E-state index is 13.5. The average molecular weight is 1590 g/mol. The fourth-order valence-corrected chi connectivity index (χ4v) is 9.31. The molecule has 0 aliphatic carbocycles. The maximum Gasteiger partial charge on any atom is 0.430 e. The molecule has 44 heteroatoms. The van der Waals surface area contributed by atoms with Crippen LogP contribution in [0.5, 0.6) is 5.75 Å². The van der Waals surface area contributed by atoms with Crippen molar-refractivity contribution in [1.29, 1.82) is 5.41 Å². The number of nitrogen functional groups attached to an aromatic ring is 1. The number of aliphatic hydroxyl groups is 4. The van der Waals surface area contributed by atoms with Gasteiger partial charge in [-0.05, 0) is 53.6 Å². The molecule has 0 bridgehead atoms. The number of alkyl halides is 24. The second-order valence-corrected chi connectivity index (χ2v) is 22.2. The number of carboxylic acids is 1. The maximum absolute atomic E-state index is 13.5. The SMILES string of the molecule is CC(=O)OCC(=O)Cc1ccc(Cl)cc1.N=CC(=O)Nc1ccccc1C(O)(C(F)(F)F)C(F)(F)F.Nc1ccccc1C(O)(C(F)(F)F)C(F)(F)F.O=C(O)c1c(O)c(Cc2ccc(Cl)cc2)nc2c(C(O)(C(F)(F)F)C(F)(F)F)cccc12.O=C1Nc2c(cccc2C(O)(C(F)(F)F)C(F)(F)F)C1=O. The molecule has 0 spiro atoms. The molecular formula is C62H43Cl2F24N5O13. The van der Waals surface area contributed by atoms with E-state index in [-0.39, 0.29) is 31.4 Å². The van der Waals surface area contributed by atoms with Gasteiger partial charge in [0.1, 0.15) is 12.2 Å². The number of amides is 2. The van der Waals surface area contributed by atoms with Crippen LogP contribution in [0, 0.1) is 5.41 Å². The Balaban J connectivity index is 0.000000288. The van der Waals surface area contributed by atoms with Gasteiger partial charge in [-0.3, -0.25) is 24.0 Å². The number of ether oxygens (including phenoxy) is 1. The first kappa shape index (κ1) is 88.4. The fraction of sp³-hybridized carbons (Fsp3) is 0.258. The highest BCUT2D eigenvalue weighted by Gasteiger charge is 2.75. The van der Waals surface area contributed by atoms with Crippen molar-refractivity contribution in [2.24, 2.45) is 0 Å². The first-order valence-electron chi connectivity index (χ1n) is 27.8. The van der Waals surface area contributed by atoms with E-state index in [0.29, 0.717) is 45.9 Å². The van der Waals surface area contributed by atoms with Crippen LogP contribution in [0.4, 0.5) is 122 Å². The van der Waals surface area contributed by atoms with Crippen LogP contribution in [0.2, 0.25) is 10.0 Å². The number of rotatable bonds is 13. The Morgan fingerprint density at radius 3 is 1.36 bits per heavy atom. The third-order valence-electron chi connectivity index (χ3n) is 14.2. The Labute approximate surface area is 585 Å². The first-order chi connectivity index (χ1) is 48.1. The van der Waals surface area contributed by atoms with E-state index in [1.807, 2.05) is 0 Å². The van der Waals surface area contributed by atoms with Crippen LogP contribution < -0.4 is 16.4 Å². The second-order valence-electron chi connectivity index (χ2n) is 21.3. The van der Waals surface area contributed by atoms with Crippen LogP contribution in [0.1, 0.15) is 66.7 Å². The number of benzene rings is 6. The van der Waals surface area contributed by atoms with Gasteiger partial charge in [0.05, 0.1) is 28.7 Å². The lowest BCUT2D eigenvalue weighted by atomic mass is 9.88. The van der Waals surface area contributed by atoms with Crippen molar-refractivity contribution in [2.75, 3.05) is 23.0 Å². The van der Waals surface area contributed by atoms with Gasteiger partial charge in [0.2, 0.25) is 0 Å². The highest BCUT2D eigenvalue weighted by atomic mass is 35.5. The number of carbonyl (C=O) groups is 6. The molecular weight excluding hydrogens is 1550 g/mol. The normalized spacial score (nSPS) is 13.2. The number of hydrogen-bond donors (Lipinski definition) is 10. The molecule has 7 aromatic rings. The lowest BCUT2D eigenvalue weighted by Gasteiger charge is -2.33. The Bertz CT molecular complexity index is 4330. The number of pyridine rings is 1. The summed E-state index contributed by atoms with van der Waals surface area (Å²) in [7, 11) is 0. The van der Waals surface area contributed by atoms with E-state index in [1.165, 1.54) is 31.2 Å². The number of ketones is 2. The summed E-state index contributed by atoms with van der Waals surface area (Å²) in [4.78, 5) is 70.6. The molecule has 0 atom stereocenters. The summed E-state index contributed by atoms with van der Waals surface area (Å²) in [6.45, 7) is 1.10. The van der Waals surface area contributed by atoms with Crippen molar-refractivity contribution in [1.82, 2.24) is 4.98 Å². The van der Waals surface area contributed by atoms with Gasteiger partial charge in [0.25, 0.3) is 40.0 Å². The predicted octanol–water partition coefficient (Wildman–Crippen LogP) is 14.5. The Morgan fingerprint density at radius 1 is 0.538 bits per heavy atom. The number of nitrogens with zero attached hydrogens (tertiary/aromatic N) is 1. The van der Waals surface area contributed by atoms with Gasteiger partial charge in [-0.15, -0.1) is 0 Å². The van der Waals surface area contributed by atoms with Crippen LogP contribution in [0.3, 0.4) is 0 Å². The molecule has 1 aliphatic rings. The number of hydrogen-bond acceptors (Lipinski definition) is 15. The van der Waals surface area contributed by atoms with Gasteiger partial charge in [0, 0.05) is 68.8 Å². The van der Waals surface area contributed by atoms with Crippen molar-refractivity contribution in [3.05, 3.63) is 194 Å². The summed E-state index contributed by atoms with van der Waals surface area (Å²) >= 11 is 11.5. The molecule has 1 aliphatic heterocycles. The van der Waals surface area contributed by atoms with Crippen molar-refractivity contribution in [2.45, 2.75) is 91.6 Å². The molecule has 0 saturated carbocycles. The predicted molar refractivity (Wildman–Crippen MR) is 320 cm³/mol. The van der Waals surface area contributed by atoms with E-state index >= 15 is 0 Å². The summed E-state index contributed by atoms with van der Waals surface area (Å²) in [5.41, 5.74) is -26.6. The minimum Gasteiger partial charge on any atom is -0.505 e. The Hall–Kier alpha value is -10.0. The van der Waals surface area contributed by atoms with Gasteiger partial charge in [0.15, 0.2) is 11.5 Å². The van der Waals surface area contributed by atoms with Gasteiger partial charge < -0.3 is 57.2 Å². The number of fused-ring (bicyclic) bond motifs is 2. The number of nitrogens with one attached hydrogen (secondary N) is 3. The van der Waals surface area contributed by atoms with Gasteiger partial charge in [-0.2, -0.15) is 105 Å². The summed E-state index contributed by atoms with van der Waals surface area (Å²) in [6, 6.07) is 23.1. The van der Waals surface area contributed by atoms with Crippen LogP contribution in [0.15, 0.2) is 133 Å². The number of esters is 1. The van der Waals surface area contributed by atoms with Crippen molar-refractivity contribution >= 4 is 92.7 Å². The van der Waals surface area contributed by atoms with E-state index < -0.39 is 174 Å². The van der Waals surface area contributed by atoms with E-state index in [1.54, 1.807) is 34.9 Å². The van der Waals surface area contributed by atoms with Crippen molar-refractivity contribution in [3.8, 4) is 5.75 Å². The number of nitrogens with two attached hydrogens (primary N) is 1. The van der Waals surface area contributed by atoms with Crippen molar-refractivity contribution in [3.63, 3.8) is 0 Å². The number of aromatic hydroxyl groups is 1. The number of para-hydroxylation sites is 4. The van der Waals surface area contributed by atoms with Gasteiger partial charge in [-0.25, -0.2) is 9.78 Å². The molecule has 106 heavy (non-hydrogen) atoms. The topological polar surface area (TPSA) is 320 Å². The molecule has 576 valence electrons. The minimum absolute atomic E-state index is 0.132. The Kier molecular flexibility index (Phi) is 27.0. The number of Topliss-reactive ketones (excluding diaryl/α,β-unsaturated/α-hetero) is 2. The van der Waals surface area contributed by atoms with Crippen LogP contribution in [0.25, 0.3) is 10.9 Å². The summed E-state index contributed by atoms with van der Waals surface area (Å²) < 4.78 is 313. The number of aromatic carboxylic acids is 1. The lowest BCUT2D eigenvalue weighted by molar-refractivity contribution is -0.376. The van der Waals surface area contributed by atoms with E-state index in [2.05, 4.69) is 9.72 Å². The summed E-state index contributed by atoms with van der Waals surface area (Å²) in [6.07, 6.45) is -48.5. The third kappa shape index (κ3) is 19.0. The Morgan fingerprint density at radius 2 is 0.925 bits per heavy atom. The summed E-state index contributed by atoms with van der Waals surface area (Å²) in [5.74, 6) is -7.21. The van der Waals surface area contributed by atoms with Crippen LogP contribution in [-0.4, -0.2) is 133 Å². The molecule has 0 fully saturated rings. The molecule has 0 saturated heterocycles. The summed E-state index contributed by atoms with van der Waals surface area (Å²) in [5, 5.41) is 67.4. The smallest absolute Gasteiger partial charge is 0.430 e. The molecule has 1 aromatic heterocycles. The number of carboxylic acid groups (broad SMARTS) is 1. The molecule has 2 amide bonds. The first-order valence-corrected chi connectivity index (χ1v) is 28.6. The zero-order chi connectivity index (χ0) is 81.5. The molecule has 11 N–H and O–H groups in total. The quantitative estimate of drug-likeness (QED) is 0.0169. The highest BCUT2D eigenvalue weighted by Crippen LogP contribution is 2.56. The van der Waals surface area contributed by atoms with Gasteiger partial charge >= 0.3 is 61.3 Å². The number of halogens is 26. The van der Waals surface area contributed by atoms with E-state index in [0.717, 1.165) is 60.2 Å². The number of aromatic nitrogens is 1. The lowest BCUT2D eigenvalue weighted by Crippen LogP contribution is -2.54. The largest absolute Gasteiger partial charge is 0.505 e. The standard InChI is InChI=1S/C20H12ClF6NO4.C11H11ClO3.C11H8F6N2O2.C11H5F6NO3.C9H7F6NO/c21-10-6-4-9(5-7-10)8-13-16(29)14(17(30)31)11-2-1-3-12(15(11)28-13)18(32,19(22,23)24)20(25,26)27;1-8(13)15-7-11(14)6-9-2-4-10(12)5-3-9;12-10(13,14)9(21,11(15,16)17)6-3-1-2-4-7(6)19-8(20)5-18;12-10(13,14)9(21,11(15,16)17)5-3-1-2-4-6(5)18-8(20)7(4)19;10-8(11,12)7(17,9(13,14)15)5-3-1-2-4-6(5)16/h1-7,29,32H,8H2,(H,30,31);2-5H,6-7H2,1H3;1-5,18,21H,(H,19,20);1-3,21H,(H,18,19,20);1-4,17H,16H2. The molecule has 18 nitrogen and oxygen atoms in total. The number of carbonyl (C=O) groups excluding carboxylic acids is 5. The average Bonchev–Trinajstić information content (AvgIpc) is 0.866. The number of anilines is 3. The molecule has 0 unspecified atom stereocenters. The minimum atomic E-state index is -6.21. The van der Waals surface area contributed by atoms with Gasteiger partial charge in [-0.1, -0.05) is 114 Å². The molecule has 2 heterocycles. The molecule has 0 radical (unpaired) electrons. The monoisotopic (exact) mass is 1590 g/mol. The molecule has 8 rings (SSSR count).